The first kappa shape index (κ1) is 22.1. The van der Waals surface area contributed by atoms with Gasteiger partial charge >= 0.3 is 0 Å². The third-order valence-electron chi connectivity index (χ3n) is 4.50. The van der Waals surface area contributed by atoms with Crippen LogP contribution in [0.1, 0.15) is 47.1 Å². The molecule has 0 aliphatic carbocycles. The molecule has 0 aromatic heterocycles. The largest absolute Gasteiger partial charge is 0.497 e. The highest BCUT2D eigenvalue weighted by molar-refractivity contribution is 7.85. The molecule has 1 aromatic rings. The first-order valence-electron chi connectivity index (χ1n) is 8.56. The van der Waals surface area contributed by atoms with Gasteiger partial charge in [-0.2, -0.15) is 4.40 Å². The SMILES string of the molecule is COc1cccc(/C(CO[Si](C)(C)C(C)(C)C)=N\[S@](=O)C(C)(C)C)c1. The lowest BCUT2D eigenvalue weighted by molar-refractivity contribution is 0.340. The number of nitrogens with zero attached hydrogens (tertiary/aromatic N) is 1. The van der Waals surface area contributed by atoms with Gasteiger partial charge in [0, 0.05) is 5.56 Å². The van der Waals surface area contributed by atoms with Crippen LogP contribution in [0, 0.1) is 0 Å². The van der Waals surface area contributed by atoms with Gasteiger partial charge in [-0.15, -0.1) is 0 Å². The molecule has 0 spiro atoms. The molecular formula is C19H33NO3SSi. The number of ether oxygens (including phenoxy) is 1. The number of rotatable bonds is 6. The Morgan fingerprint density at radius 2 is 1.76 bits per heavy atom. The van der Waals surface area contributed by atoms with Crippen LogP contribution in [0.3, 0.4) is 0 Å². The molecule has 4 nitrogen and oxygen atoms in total. The molecule has 1 atom stereocenters. The van der Waals surface area contributed by atoms with Crippen LogP contribution in [0.15, 0.2) is 28.7 Å². The minimum atomic E-state index is -1.93. The molecule has 0 saturated heterocycles. The van der Waals surface area contributed by atoms with Gasteiger partial charge in [0.1, 0.15) is 16.7 Å². The van der Waals surface area contributed by atoms with Crippen molar-refractivity contribution >= 4 is 25.0 Å². The van der Waals surface area contributed by atoms with Crippen LogP contribution in [0.5, 0.6) is 5.75 Å². The Kier molecular flexibility index (Phi) is 7.18. The Balaban J connectivity index is 3.20. The van der Waals surface area contributed by atoms with Gasteiger partial charge in [-0.3, -0.25) is 0 Å². The van der Waals surface area contributed by atoms with Crippen LogP contribution in [0.2, 0.25) is 18.1 Å². The summed E-state index contributed by atoms with van der Waals surface area (Å²) >= 11 is 0. The van der Waals surface area contributed by atoms with Gasteiger partial charge in [0.05, 0.1) is 24.2 Å². The molecule has 0 unspecified atom stereocenters. The van der Waals surface area contributed by atoms with E-state index in [1.54, 1.807) is 7.11 Å². The lowest BCUT2D eigenvalue weighted by Gasteiger charge is -2.36. The normalized spacial score (nSPS) is 15.2. The van der Waals surface area contributed by atoms with E-state index in [1.165, 1.54) is 0 Å². The first-order chi connectivity index (χ1) is 11.3. The Labute approximate surface area is 156 Å². The zero-order valence-corrected chi connectivity index (χ0v) is 18.9. The second-order valence-electron chi connectivity index (χ2n) is 8.68. The zero-order valence-electron chi connectivity index (χ0n) is 17.1. The molecule has 0 aliphatic rings. The maximum atomic E-state index is 12.6. The van der Waals surface area contributed by atoms with Crippen molar-refractivity contribution in [3.05, 3.63) is 29.8 Å². The van der Waals surface area contributed by atoms with E-state index in [2.05, 4.69) is 38.3 Å². The Bertz CT molecular complexity index is 643. The van der Waals surface area contributed by atoms with Crippen LogP contribution in [-0.4, -0.2) is 36.7 Å². The third kappa shape index (κ3) is 6.35. The second-order valence-corrected chi connectivity index (χ2v) is 15.4. The van der Waals surface area contributed by atoms with E-state index in [4.69, 9.17) is 9.16 Å². The second kappa shape index (κ2) is 8.14. The Morgan fingerprint density at radius 3 is 2.24 bits per heavy atom. The average Bonchev–Trinajstić information content (AvgIpc) is 2.49. The summed E-state index contributed by atoms with van der Waals surface area (Å²) in [5, 5.41) is 0.107. The van der Waals surface area contributed by atoms with Crippen molar-refractivity contribution in [2.45, 2.75) is 64.4 Å². The number of benzene rings is 1. The van der Waals surface area contributed by atoms with Crippen molar-refractivity contribution in [3.8, 4) is 5.75 Å². The van der Waals surface area contributed by atoms with E-state index in [1.807, 2.05) is 45.0 Å². The number of hydrogen-bond donors (Lipinski definition) is 0. The van der Waals surface area contributed by atoms with E-state index in [9.17, 15) is 4.21 Å². The molecule has 25 heavy (non-hydrogen) atoms. The summed E-state index contributed by atoms with van der Waals surface area (Å²) in [6.07, 6.45) is 0. The number of methoxy groups -OCH3 is 1. The maximum Gasteiger partial charge on any atom is 0.192 e. The minimum Gasteiger partial charge on any atom is -0.497 e. The smallest absolute Gasteiger partial charge is 0.192 e. The lowest BCUT2D eigenvalue weighted by Crippen LogP contribution is -2.42. The number of hydrogen-bond acceptors (Lipinski definition) is 3. The Hall–Kier alpha value is -0.983. The molecule has 0 N–H and O–H groups in total. The predicted octanol–water partition coefficient (Wildman–Crippen LogP) is 4.97. The van der Waals surface area contributed by atoms with E-state index in [0.717, 1.165) is 11.3 Å². The fraction of sp³-hybridized carbons (Fsp3) is 0.632. The van der Waals surface area contributed by atoms with Crippen molar-refractivity contribution < 1.29 is 13.4 Å². The average molecular weight is 384 g/mol. The Morgan fingerprint density at radius 1 is 1.16 bits per heavy atom. The molecule has 0 radical (unpaired) electrons. The summed E-state index contributed by atoms with van der Waals surface area (Å²) in [5.74, 6) is 0.749. The molecule has 6 heteroatoms. The van der Waals surface area contributed by atoms with Crippen molar-refractivity contribution in [3.63, 3.8) is 0 Å². The highest BCUT2D eigenvalue weighted by Crippen LogP contribution is 2.36. The molecule has 0 heterocycles. The van der Waals surface area contributed by atoms with Crippen molar-refractivity contribution in [2.24, 2.45) is 4.40 Å². The van der Waals surface area contributed by atoms with Crippen molar-refractivity contribution in [1.82, 2.24) is 0 Å². The fourth-order valence-electron chi connectivity index (χ4n) is 1.67. The van der Waals surface area contributed by atoms with E-state index < -0.39 is 24.1 Å². The molecule has 0 amide bonds. The molecule has 0 fully saturated rings. The molecular weight excluding hydrogens is 350 g/mol. The van der Waals surface area contributed by atoms with Crippen molar-refractivity contribution in [2.75, 3.05) is 13.7 Å². The molecule has 1 rings (SSSR count). The molecule has 0 saturated carbocycles. The van der Waals surface area contributed by atoms with Crippen LogP contribution in [0.25, 0.3) is 0 Å². The minimum absolute atomic E-state index is 0.107. The van der Waals surface area contributed by atoms with Gasteiger partial charge in [0.25, 0.3) is 0 Å². The van der Waals surface area contributed by atoms with Crippen molar-refractivity contribution in [1.29, 1.82) is 0 Å². The van der Waals surface area contributed by atoms with Crippen LogP contribution < -0.4 is 4.74 Å². The summed E-state index contributed by atoms with van der Waals surface area (Å²) < 4.78 is 28.3. The fourth-order valence-corrected chi connectivity index (χ4v) is 3.23. The molecule has 1 aromatic carbocycles. The summed E-state index contributed by atoms with van der Waals surface area (Å²) in [5.41, 5.74) is 1.59. The quantitative estimate of drug-likeness (QED) is 0.515. The van der Waals surface area contributed by atoms with Gasteiger partial charge in [-0.05, 0) is 51.0 Å². The van der Waals surface area contributed by atoms with Gasteiger partial charge in [-0.1, -0.05) is 32.9 Å². The van der Waals surface area contributed by atoms with Crippen LogP contribution >= 0.6 is 0 Å². The van der Waals surface area contributed by atoms with E-state index in [0.29, 0.717) is 12.3 Å². The van der Waals surface area contributed by atoms with Gasteiger partial charge in [-0.25, -0.2) is 4.21 Å². The summed E-state index contributed by atoms with van der Waals surface area (Å²) in [6, 6.07) is 7.66. The van der Waals surface area contributed by atoms with Gasteiger partial charge < -0.3 is 9.16 Å². The molecule has 0 aliphatic heterocycles. The lowest BCUT2D eigenvalue weighted by atomic mass is 10.1. The van der Waals surface area contributed by atoms with E-state index >= 15 is 0 Å². The first-order valence-corrected chi connectivity index (χ1v) is 12.6. The van der Waals surface area contributed by atoms with E-state index in [-0.39, 0.29) is 5.04 Å². The summed E-state index contributed by atoms with van der Waals surface area (Å²) in [6.45, 7) is 17.1. The highest BCUT2D eigenvalue weighted by Gasteiger charge is 2.37. The molecule has 142 valence electrons. The zero-order chi connectivity index (χ0) is 19.5. The standard InChI is InChI=1S/C19H33NO3SSi/c1-18(2,3)24(21)20-17(14-23-25(8,9)19(4,5)6)15-11-10-12-16(13-15)22-7/h10-13H,14H2,1-9H3/b20-17-/t24-/m1/s1. The van der Waals surface area contributed by atoms with Gasteiger partial charge in [0.15, 0.2) is 8.32 Å². The highest BCUT2D eigenvalue weighted by atomic mass is 32.2. The van der Waals surface area contributed by atoms with Gasteiger partial charge in [0.2, 0.25) is 0 Å². The predicted molar refractivity (Wildman–Crippen MR) is 111 cm³/mol. The third-order valence-corrected chi connectivity index (χ3v) is 10.4. The van der Waals surface area contributed by atoms with Crippen LogP contribution in [-0.2, 0) is 15.4 Å². The maximum absolute atomic E-state index is 12.6. The molecule has 0 bridgehead atoms. The topological polar surface area (TPSA) is 47.9 Å². The monoisotopic (exact) mass is 383 g/mol. The van der Waals surface area contributed by atoms with Crippen LogP contribution in [0.4, 0.5) is 0 Å². The summed E-state index contributed by atoms with van der Waals surface area (Å²) in [4.78, 5) is 0. The summed E-state index contributed by atoms with van der Waals surface area (Å²) in [7, 11) is -1.64.